The van der Waals surface area contributed by atoms with E-state index in [9.17, 15) is 5.11 Å². The average Bonchev–Trinajstić information content (AvgIpc) is 2.48. The van der Waals surface area contributed by atoms with E-state index in [1.165, 1.54) is 32.4 Å². The van der Waals surface area contributed by atoms with Gasteiger partial charge in [-0.15, -0.1) is 0 Å². The number of piperidine rings is 1. The van der Waals surface area contributed by atoms with Crippen molar-refractivity contribution in [1.82, 2.24) is 4.90 Å². The summed E-state index contributed by atoms with van der Waals surface area (Å²) >= 11 is 0. The second-order valence-electron chi connectivity index (χ2n) is 5.06. The highest BCUT2D eigenvalue weighted by Crippen LogP contribution is 2.28. The van der Waals surface area contributed by atoms with Crippen LogP contribution in [0.25, 0.3) is 0 Å². The molecule has 4 heteroatoms. The Morgan fingerprint density at radius 3 is 2.85 bits per heavy atom. The number of rotatable bonds is 6. The van der Waals surface area contributed by atoms with E-state index in [4.69, 9.17) is 4.74 Å². The summed E-state index contributed by atoms with van der Waals surface area (Å²) in [5, 5.41) is 10.0. The van der Waals surface area contributed by atoms with Crippen LogP contribution >= 0.6 is 0 Å². The highest BCUT2D eigenvalue weighted by molar-refractivity contribution is 5.84. The van der Waals surface area contributed by atoms with Crippen molar-refractivity contribution in [1.29, 1.82) is 0 Å². The summed E-state index contributed by atoms with van der Waals surface area (Å²) in [6.07, 6.45) is 5.71. The number of phenols is 1. The van der Waals surface area contributed by atoms with Gasteiger partial charge in [0.15, 0.2) is 11.5 Å². The predicted molar refractivity (Wildman–Crippen MR) is 82.0 cm³/mol. The molecule has 1 aliphatic heterocycles. The van der Waals surface area contributed by atoms with Crippen LogP contribution in [0, 0.1) is 0 Å². The minimum absolute atomic E-state index is 0.177. The maximum Gasteiger partial charge on any atom is 0.166 e. The van der Waals surface area contributed by atoms with E-state index in [0.717, 1.165) is 18.7 Å². The topological polar surface area (TPSA) is 45.1 Å². The molecule has 0 unspecified atom stereocenters. The van der Waals surface area contributed by atoms with E-state index in [0.29, 0.717) is 12.4 Å². The van der Waals surface area contributed by atoms with Crippen molar-refractivity contribution in [3.8, 4) is 11.5 Å². The number of phenolic OH excluding ortho intramolecular Hbond substituents is 1. The summed E-state index contributed by atoms with van der Waals surface area (Å²) in [6, 6.07) is 5.49. The lowest BCUT2D eigenvalue weighted by Gasteiger charge is -2.25. The third kappa shape index (κ3) is 4.23. The Morgan fingerprint density at radius 1 is 1.30 bits per heavy atom. The first kappa shape index (κ1) is 14.9. The molecule has 1 saturated heterocycles. The fourth-order valence-electron chi connectivity index (χ4n) is 2.46. The number of nitrogens with zero attached hydrogens (tertiary/aromatic N) is 2. The molecule has 4 nitrogen and oxygen atoms in total. The molecular weight excluding hydrogens is 252 g/mol. The summed E-state index contributed by atoms with van der Waals surface area (Å²) in [5.41, 5.74) is 0.717. The number of likely N-dealkylation sites (tertiary alicyclic amines) is 1. The first-order chi connectivity index (χ1) is 9.81. The van der Waals surface area contributed by atoms with Gasteiger partial charge in [-0.1, -0.05) is 12.5 Å². The molecule has 1 N–H and O–H groups in total. The highest BCUT2D eigenvalue weighted by Gasteiger charge is 2.09. The van der Waals surface area contributed by atoms with Gasteiger partial charge in [0, 0.05) is 18.3 Å². The van der Waals surface area contributed by atoms with E-state index in [1.807, 2.05) is 19.1 Å². The first-order valence-electron chi connectivity index (χ1n) is 7.48. The normalized spacial score (nSPS) is 16.6. The fraction of sp³-hybridized carbons (Fsp3) is 0.562. The Hall–Kier alpha value is -1.55. The van der Waals surface area contributed by atoms with Crippen LogP contribution in [0.5, 0.6) is 11.5 Å². The standard InChI is InChI=1S/C16H24N2O2/c1-2-20-15-8-6-7-14(16(15)19)13-17-9-12-18-10-4-3-5-11-18/h6-8,13,19H,2-5,9-12H2,1H3. The van der Waals surface area contributed by atoms with Crippen molar-refractivity contribution in [2.45, 2.75) is 26.2 Å². The highest BCUT2D eigenvalue weighted by atomic mass is 16.5. The Kier molecular flexibility index (Phi) is 5.87. The molecule has 1 aromatic carbocycles. The lowest BCUT2D eigenvalue weighted by molar-refractivity contribution is 0.235. The van der Waals surface area contributed by atoms with Crippen molar-refractivity contribution in [2.75, 3.05) is 32.8 Å². The van der Waals surface area contributed by atoms with Crippen LogP contribution in [0.4, 0.5) is 0 Å². The molecule has 0 saturated carbocycles. The molecule has 1 fully saturated rings. The van der Waals surface area contributed by atoms with Gasteiger partial charge in [0.25, 0.3) is 0 Å². The van der Waals surface area contributed by atoms with Gasteiger partial charge < -0.3 is 14.7 Å². The van der Waals surface area contributed by atoms with Gasteiger partial charge in [0.2, 0.25) is 0 Å². The minimum Gasteiger partial charge on any atom is -0.504 e. The van der Waals surface area contributed by atoms with Crippen LogP contribution in [0.1, 0.15) is 31.7 Å². The van der Waals surface area contributed by atoms with Crippen molar-refractivity contribution in [3.05, 3.63) is 23.8 Å². The van der Waals surface area contributed by atoms with Crippen LogP contribution in [-0.4, -0.2) is 49.0 Å². The largest absolute Gasteiger partial charge is 0.504 e. The lowest BCUT2D eigenvalue weighted by Crippen LogP contribution is -2.31. The molecule has 1 aromatic rings. The number of benzene rings is 1. The van der Waals surface area contributed by atoms with Crippen molar-refractivity contribution >= 4 is 6.21 Å². The number of ether oxygens (including phenoxy) is 1. The van der Waals surface area contributed by atoms with E-state index in [1.54, 1.807) is 12.3 Å². The number of hydrogen-bond donors (Lipinski definition) is 1. The van der Waals surface area contributed by atoms with Crippen LogP contribution < -0.4 is 4.74 Å². The quantitative estimate of drug-likeness (QED) is 0.813. The van der Waals surface area contributed by atoms with Gasteiger partial charge in [-0.3, -0.25) is 4.99 Å². The zero-order valence-electron chi connectivity index (χ0n) is 12.2. The number of hydrogen-bond acceptors (Lipinski definition) is 4. The van der Waals surface area contributed by atoms with Crippen molar-refractivity contribution < 1.29 is 9.84 Å². The second-order valence-corrected chi connectivity index (χ2v) is 5.06. The number of aliphatic imine (C=N–C) groups is 1. The molecule has 0 atom stereocenters. The Balaban J connectivity index is 1.85. The summed E-state index contributed by atoms with van der Waals surface area (Å²) in [5.74, 6) is 0.698. The summed E-state index contributed by atoms with van der Waals surface area (Å²) in [4.78, 5) is 6.87. The molecule has 1 heterocycles. The van der Waals surface area contributed by atoms with Gasteiger partial charge in [0.1, 0.15) is 0 Å². The SMILES string of the molecule is CCOc1cccc(C=NCCN2CCCCC2)c1O. The molecule has 0 aromatic heterocycles. The molecule has 0 spiro atoms. The van der Waals surface area contributed by atoms with E-state index >= 15 is 0 Å². The van der Waals surface area contributed by atoms with Crippen molar-refractivity contribution in [2.24, 2.45) is 4.99 Å². The molecule has 0 aliphatic carbocycles. The van der Waals surface area contributed by atoms with E-state index in [-0.39, 0.29) is 5.75 Å². The van der Waals surface area contributed by atoms with E-state index in [2.05, 4.69) is 9.89 Å². The fourth-order valence-corrected chi connectivity index (χ4v) is 2.46. The molecule has 0 bridgehead atoms. The summed E-state index contributed by atoms with van der Waals surface area (Å²) in [7, 11) is 0. The maximum absolute atomic E-state index is 10.0. The minimum atomic E-state index is 0.177. The third-order valence-corrected chi connectivity index (χ3v) is 3.55. The van der Waals surface area contributed by atoms with Gasteiger partial charge >= 0.3 is 0 Å². The van der Waals surface area contributed by atoms with Crippen LogP contribution in [-0.2, 0) is 0 Å². The first-order valence-corrected chi connectivity index (χ1v) is 7.48. The zero-order chi connectivity index (χ0) is 14.2. The smallest absolute Gasteiger partial charge is 0.166 e. The number of para-hydroxylation sites is 1. The summed E-state index contributed by atoms with van der Waals surface area (Å²) < 4.78 is 5.36. The maximum atomic E-state index is 10.0. The molecule has 0 amide bonds. The predicted octanol–water partition coefficient (Wildman–Crippen LogP) is 2.70. The van der Waals surface area contributed by atoms with Gasteiger partial charge in [-0.05, 0) is 45.0 Å². The van der Waals surface area contributed by atoms with Crippen LogP contribution in [0.15, 0.2) is 23.2 Å². The Morgan fingerprint density at radius 2 is 2.10 bits per heavy atom. The zero-order valence-corrected chi connectivity index (χ0v) is 12.2. The molecule has 110 valence electrons. The molecular formula is C16H24N2O2. The molecule has 20 heavy (non-hydrogen) atoms. The van der Waals surface area contributed by atoms with E-state index < -0.39 is 0 Å². The molecule has 2 rings (SSSR count). The Bertz CT molecular complexity index is 440. The van der Waals surface area contributed by atoms with Gasteiger partial charge in [-0.25, -0.2) is 0 Å². The lowest BCUT2D eigenvalue weighted by atomic mass is 10.1. The Labute approximate surface area is 121 Å². The third-order valence-electron chi connectivity index (χ3n) is 3.55. The average molecular weight is 276 g/mol. The number of aromatic hydroxyl groups is 1. The van der Waals surface area contributed by atoms with Crippen molar-refractivity contribution in [3.63, 3.8) is 0 Å². The van der Waals surface area contributed by atoms with Gasteiger partial charge in [-0.2, -0.15) is 0 Å². The van der Waals surface area contributed by atoms with Gasteiger partial charge in [0.05, 0.1) is 13.2 Å². The second kappa shape index (κ2) is 7.90. The van der Waals surface area contributed by atoms with Crippen LogP contribution in [0.3, 0.4) is 0 Å². The summed E-state index contributed by atoms with van der Waals surface area (Å²) in [6.45, 7) is 6.61. The van der Waals surface area contributed by atoms with Crippen LogP contribution in [0.2, 0.25) is 0 Å². The molecule has 1 aliphatic rings. The monoisotopic (exact) mass is 276 g/mol. The molecule has 0 radical (unpaired) electrons.